The molecule has 0 radical (unpaired) electrons. The quantitative estimate of drug-likeness (QED) is 0.583. The molecule has 2 amide bonds. The molecule has 2 aliphatic heterocycles. The number of nitrogens with zero attached hydrogens (tertiary/aromatic N) is 1. The molecule has 0 bridgehead atoms. The summed E-state index contributed by atoms with van der Waals surface area (Å²) < 4.78 is 50.2. The summed E-state index contributed by atoms with van der Waals surface area (Å²) in [5.74, 6) is -3.61. The Balaban J connectivity index is 1.85. The maximum Gasteiger partial charge on any atom is 0.425 e. The Morgan fingerprint density at radius 1 is 1.11 bits per heavy atom. The highest BCUT2D eigenvalue weighted by molar-refractivity contribution is 6.30. The van der Waals surface area contributed by atoms with E-state index in [0.29, 0.717) is 19.4 Å². The van der Waals surface area contributed by atoms with Crippen molar-refractivity contribution in [3.05, 3.63) is 82.0 Å². The van der Waals surface area contributed by atoms with Crippen LogP contribution in [-0.4, -0.2) is 53.5 Å². The summed E-state index contributed by atoms with van der Waals surface area (Å²) >= 11 is 5.83. The molecule has 0 aromatic heterocycles. The van der Waals surface area contributed by atoms with Gasteiger partial charge in [-0.1, -0.05) is 41.9 Å². The van der Waals surface area contributed by atoms with Gasteiger partial charge in [-0.05, 0) is 44.0 Å². The van der Waals surface area contributed by atoms with E-state index >= 15 is 0 Å². The molecule has 0 saturated carbocycles. The van der Waals surface area contributed by atoms with Crippen molar-refractivity contribution in [1.82, 2.24) is 10.2 Å². The second-order valence-electron chi connectivity index (χ2n) is 8.42. The smallest absolute Gasteiger partial charge is 0.376 e. The van der Waals surface area contributed by atoms with Gasteiger partial charge in [0.1, 0.15) is 0 Å². The van der Waals surface area contributed by atoms with Crippen molar-refractivity contribution in [2.75, 3.05) is 13.2 Å². The largest absolute Gasteiger partial charge is 0.425 e. The average molecular weight is 507 g/mol. The molecule has 10 heteroatoms. The summed E-state index contributed by atoms with van der Waals surface area (Å²) in [4.78, 5) is 40.9. The topological polar surface area (TPSA) is 75.7 Å². The molecular weight excluding hydrogens is 485 g/mol. The van der Waals surface area contributed by atoms with Crippen molar-refractivity contribution in [2.45, 2.75) is 37.6 Å². The number of hydrogen-bond donors (Lipinski definition) is 1. The third-order valence-electron chi connectivity index (χ3n) is 6.21. The lowest BCUT2D eigenvalue weighted by molar-refractivity contribution is -0.189. The van der Waals surface area contributed by atoms with Crippen molar-refractivity contribution in [3.8, 4) is 0 Å². The number of carbonyl (C=O) groups excluding carboxylic acids is 3. The molecule has 6 nitrogen and oxygen atoms in total. The minimum Gasteiger partial charge on any atom is -0.376 e. The van der Waals surface area contributed by atoms with Crippen LogP contribution < -0.4 is 5.32 Å². The third kappa shape index (κ3) is 4.46. The Kier molecular flexibility index (Phi) is 6.75. The Morgan fingerprint density at radius 2 is 1.77 bits per heavy atom. The fourth-order valence-electron chi connectivity index (χ4n) is 4.44. The van der Waals surface area contributed by atoms with Gasteiger partial charge < -0.3 is 15.0 Å². The van der Waals surface area contributed by atoms with Crippen molar-refractivity contribution >= 4 is 29.2 Å². The summed E-state index contributed by atoms with van der Waals surface area (Å²) in [5, 5.41) is 2.17. The summed E-state index contributed by atoms with van der Waals surface area (Å²) in [7, 11) is 0. The van der Waals surface area contributed by atoms with Crippen LogP contribution in [0.25, 0.3) is 0 Å². The van der Waals surface area contributed by atoms with E-state index in [1.807, 2.05) is 5.32 Å². The number of alkyl halides is 3. The highest BCUT2D eigenvalue weighted by atomic mass is 35.5. The van der Waals surface area contributed by atoms with Gasteiger partial charge >= 0.3 is 6.18 Å². The molecule has 2 heterocycles. The number of ether oxygens (including phenoxy) is 1. The summed E-state index contributed by atoms with van der Waals surface area (Å²) in [6.45, 7) is 1.55. The molecule has 4 rings (SSSR count). The third-order valence-corrected chi connectivity index (χ3v) is 6.47. The fraction of sp³-hybridized carbons (Fsp3) is 0.320. The van der Waals surface area contributed by atoms with Gasteiger partial charge in [-0.15, -0.1) is 0 Å². The molecule has 2 aromatic rings. The number of Topliss-reactive ketones (excluding diaryl/α,β-unsaturated/α-hetero) is 1. The van der Waals surface area contributed by atoms with Crippen molar-refractivity contribution in [2.24, 2.45) is 0 Å². The van der Waals surface area contributed by atoms with E-state index in [9.17, 15) is 27.6 Å². The molecule has 2 atom stereocenters. The van der Waals surface area contributed by atoms with E-state index in [1.54, 1.807) is 6.07 Å². The molecule has 0 aliphatic carbocycles. The first-order chi connectivity index (χ1) is 16.6. The zero-order valence-electron chi connectivity index (χ0n) is 18.7. The lowest BCUT2D eigenvalue weighted by Crippen LogP contribution is -2.66. The zero-order chi connectivity index (χ0) is 25.4. The van der Waals surface area contributed by atoms with Gasteiger partial charge in [-0.2, -0.15) is 13.2 Å². The summed E-state index contributed by atoms with van der Waals surface area (Å²) in [6.07, 6.45) is -4.52. The van der Waals surface area contributed by atoms with Gasteiger partial charge in [0, 0.05) is 28.5 Å². The number of halogens is 4. The van der Waals surface area contributed by atoms with E-state index < -0.39 is 41.0 Å². The minimum absolute atomic E-state index is 0.0389. The molecule has 0 unspecified atom stereocenters. The molecule has 1 saturated heterocycles. The van der Waals surface area contributed by atoms with Crippen molar-refractivity contribution in [1.29, 1.82) is 0 Å². The second-order valence-corrected chi connectivity index (χ2v) is 8.85. The van der Waals surface area contributed by atoms with Crippen LogP contribution in [0.3, 0.4) is 0 Å². The molecule has 184 valence electrons. The van der Waals surface area contributed by atoms with Gasteiger partial charge in [0.05, 0.1) is 18.2 Å². The monoisotopic (exact) mass is 506 g/mol. The van der Waals surface area contributed by atoms with Crippen molar-refractivity contribution in [3.63, 3.8) is 0 Å². The predicted molar refractivity (Wildman–Crippen MR) is 122 cm³/mol. The molecular formula is C25H22ClF3N2O4. The molecule has 35 heavy (non-hydrogen) atoms. The Labute approximate surface area is 204 Å². The van der Waals surface area contributed by atoms with Crippen LogP contribution in [0, 0.1) is 0 Å². The van der Waals surface area contributed by atoms with Crippen LogP contribution in [0.15, 0.2) is 65.9 Å². The van der Waals surface area contributed by atoms with Crippen LogP contribution in [0.5, 0.6) is 0 Å². The lowest BCUT2D eigenvalue weighted by atomic mass is 9.84. The van der Waals surface area contributed by atoms with Gasteiger partial charge in [0.15, 0.2) is 5.78 Å². The normalized spacial score (nSPS) is 22.6. The maximum absolute atomic E-state index is 14.9. The van der Waals surface area contributed by atoms with Crippen LogP contribution in [0.2, 0.25) is 5.02 Å². The Hall–Kier alpha value is -3.17. The predicted octanol–water partition coefficient (Wildman–Crippen LogP) is 4.55. The van der Waals surface area contributed by atoms with Gasteiger partial charge in [-0.25, -0.2) is 0 Å². The van der Waals surface area contributed by atoms with Crippen molar-refractivity contribution < 1.29 is 32.3 Å². The number of allylic oxidation sites excluding steroid dienone is 1. The number of amides is 2. The maximum atomic E-state index is 14.9. The number of ketones is 1. The lowest BCUT2D eigenvalue weighted by Gasteiger charge is -2.33. The minimum atomic E-state index is -5.32. The number of carbonyl (C=O) groups is 3. The van der Waals surface area contributed by atoms with Gasteiger partial charge in [-0.3, -0.25) is 14.4 Å². The first kappa shape index (κ1) is 24.9. The van der Waals surface area contributed by atoms with Gasteiger partial charge in [0.2, 0.25) is 5.54 Å². The number of nitrogens with one attached hydrogen (secondary N) is 1. The number of benzene rings is 2. The van der Waals surface area contributed by atoms with Crippen LogP contribution in [0.4, 0.5) is 13.2 Å². The average Bonchev–Trinajstić information content (AvgIpc) is 3.41. The SMILES string of the molecule is CC1=C(C(=O)c2ccccc2)[C@@](NC(=O)c2ccc(Cl)cc2)(C(F)(F)F)C(=O)N1C[C@H]1CCCO1. The van der Waals surface area contributed by atoms with E-state index in [-0.39, 0.29) is 28.4 Å². The molecule has 0 spiro atoms. The number of hydrogen-bond acceptors (Lipinski definition) is 4. The van der Waals surface area contributed by atoms with Gasteiger partial charge in [0.25, 0.3) is 11.8 Å². The fourth-order valence-corrected chi connectivity index (χ4v) is 4.57. The first-order valence-electron chi connectivity index (χ1n) is 11.0. The van der Waals surface area contributed by atoms with Crippen LogP contribution in [-0.2, 0) is 9.53 Å². The number of rotatable bonds is 6. The molecule has 2 aromatic carbocycles. The van der Waals surface area contributed by atoms with E-state index in [1.165, 1.54) is 55.5 Å². The highest BCUT2D eigenvalue weighted by Crippen LogP contribution is 2.46. The van der Waals surface area contributed by atoms with Crippen LogP contribution >= 0.6 is 11.6 Å². The first-order valence-corrected chi connectivity index (χ1v) is 11.3. The summed E-state index contributed by atoms with van der Waals surface area (Å²) in [5.41, 5.74) is -4.76. The second kappa shape index (κ2) is 9.47. The standard InChI is InChI=1S/C25H22ClF3N2O4/c1-15-20(21(32)16-6-3-2-4-7-16)24(25(27,28)29,23(34)31(15)14-19-8-5-13-35-19)30-22(33)17-9-11-18(26)12-10-17/h2-4,6-7,9-12,19H,5,8,13-14H2,1H3,(H,30,33)/t19-,24+/m1/s1. The Bertz CT molecular complexity index is 1180. The molecule has 1 N–H and O–H groups in total. The molecule has 1 fully saturated rings. The Morgan fingerprint density at radius 3 is 2.34 bits per heavy atom. The van der Waals surface area contributed by atoms with Crippen LogP contribution in [0.1, 0.15) is 40.5 Å². The van der Waals surface area contributed by atoms with E-state index in [2.05, 4.69) is 0 Å². The van der Waals surface area contributed by atoms with E-state index in [0.717, 1.165) is 4.90 Å². The molecule has 2 aliphatic rings. The van der Waals surface area contributed by atoms with E-state index in [4.69, 9.17) is 16.3 Å². The summed E-state index contributed by atoms with van der Waals surface area (Å²) in [6, 6.07) is 12.5. The highest BCUT2D eigenvalue weighted by Gasteiger charge is 2.70. The zero-order valence-corrected chi connectivity index (χ0v) is 19.4.